The highest BCUT2D eigenvalue weighted by molar-refractivity contribution is 8.23. The van der Waals surface area contributed by atoms with Gasteiger partial charge in [-0.3, -0.25) is 0 Å². The van der Waals surface area contributed by atoms with E-state index in [1.54, 1.807) is 25.6 Å². The van der Waals surface area contributed by atoms with Crippen LogP contribution in [0.1, 0.15) is 40.5 Å². The van der Waals surface area contributed by atoms with Gasteiger partial charge in [0.05, 0.1) is 9.80 Å². The van der Waals surface area contributed by atoms with Crippen molar-refractivity contribution in [3.8, 4) is 0 Å². The molecule has 0 radical (unpaired) electrons. The first-order chi connectivity index (χ1) is 6.31. The third-order valence-electron chi connectivity index (χ3n) is 1.44. The first-order valence-electron chi connectivity index (χ1n) is 4.88. The summed E-state index contributed by atoms with van der Waals surface area (Å²) in [5.41, 5.74) is -0.608. The van der Waals surface area contributed by atoms with Crippen LogP contribution in [-0.2, 0) is 0 Å². The third kappa shape index (κ3) is 10.2. The summed E-state index contributed by atoms with van der Waals surface area (Å²) >= 11 is 6.92. The maximum Gasteiger partial charge on any atom is 0.0626 e. The number of thioether (sulfide) groups is 1. The molecule has 3 heteroatoms. The number of rotatable bonds is 5. The van der Waals surface area contributed by atoms with Gasteiger partial charge in [0.25, 0.3) is 0 Å². The van der Waals surface area contributed by atoms with Gasteiger partial charge in [0.2, 0.25) is 0 Å². The van der Waals surface area contributed by atoms with E-state index in [0.29, 0.717) is 11.7 Å². The SMILES string of the molecule is CC(C)SC(=S)C/C=C/CC(C)(C)O. The zero-order chi connectivity index (χ0) is 11.2. The average Bonchev–Trinajstić information content (AvgIpc) is 1.95. The van der Waals surface area contributed by atoms with Crippen molar-refractivity contribution < 1.29 is 5.11 Å². The van der Waals surface area contributed by atoms with Crippen LogP contribution in [0.3, 0.4) is 0 Å². The maximum atomic E-state index is 9.44. The highest BCUT2D eigenvalue weighted by Gasteiger charge is 2.08. The molecule has 0 saturated heterocycles. The van der Waals surface area contributed by atoms with E-state index in [-0.39, 0.29) is 0 Å². The standard InChI is InChI=1S/C11H20OS2/c1-9(2)14-10(13)7-5-6-8-11(3,4)12/h5-6,9,12H,7-8H2,1-4H3/b6-5+. The topological polar surface area (TPSA) is 20.2 Å². The number of allylic oxidation sites excluding steroid dienone is 1. The molecule has 0 aromatic carbocycles. The van der Waals surface area contributed by atoms with E-state index in [2.05, 4.69) is 13.8 Å². The van der Waals surface area contributed by atoms with Crippen LogP contribution in [0.2, 0.25) is 0 Å². The number of thiocarbonyl (C=S) groups is 1. The number of hydrogen-bond donors (Lipinski definition) is 1. The summed E-state index contributed by atoms with van der Waals surface area (Å²) in [6.45, 7) is 7.88. The predicted octanol–water partition coefficient (Wildman–Crippen LogP) is 3.56. The smallest absolute Gasteiger partial charge is 0.0626 e. The lowest BCUT2D eigenvalue weighted by atomic mass is 10.1. The quantitative estimate of drug-likeness (QED) is 0.578. The van der Waals surface area contributed by atoms with Crippen molar-refractivity contribution in [1.82, 2.24) is 0 Å². The monoisotopic (exact) mass is 232 g/mol. The van der Waals surface area contributed by atoms with Crippen molar-refractivity contribution in [2.75, 3.05) is 0 Å². The fraction of sp³-hybridized carbons (Fsp3) is 0.727. The van der Waals surface area contributed by atoms with Crippen LogP contribution in [0.5, 0.6) is 0 Å². The summed E-state index contributed by atoms with van der Waals surface area (Å²) in [5.74, 6) is 0. The molecule has 82 valence electrons. The molecule has 0 aliphatic heterocycles. The second-order valence-electron chi connectivity index (χ2n) is 4.23. The van der Waals surface area contributed by atoms with E-state index in [1.165, 1.54) is 0 Å². The molecular weight excluding hydrogens is 212 g/mol. The molecule has 1 N–H and O–H groups in total. The maximum absolute atomic E-state index is 9.44. The van der Waals surface area contributed by atoms with Gasteiger partial charge in [-0.1, -0.05) is 38.2 Å². The van der Waals surface area contributed by atoms with Crippen LogP contribution >= 0.6 is 24.0 Å². The van der Waals surface area contributed by atoms with Crippen molar-refractivity contribution in [3.63, 3.8) is 0 Å². The first kappa shape index (κ1) is 14.1. The van der Waals surface area contributed by atoms with Gasteiger partial charge in [-0.15, -0.1) is 11.8 Å². The minimum absolute atomic E-state index is 0.560. The second-order valence-corrected chi connectivity index (χ2v) is 6.65. The van der Waals surface area contributed by atoms with Crippen LogP contribution in [0, 0.1) is 0 Å². The summed E-state index contributed by atoms with van der Waals surface area (Å²) in [4.78, 5) is 0. The normalized spacial score (nSPS) is 12.7. The van der Waals surface area contributed by atoms with Crippen LogP contribution in [0.15, 0.2) is 12.2 Å². The molecule has 0 amide bonds. The molecular formula is C11H20OS2. The lowest BCUT2D eigenvalue weighted by Gasteiger charge is -2.13. The summed E-state index contributed by atoms with van der Waals surface area (Å²) in [6, 6.07) is 0. The number of hydrogen-bond acceptors (Lipinski definition) is 3. The number of aliphatic hydroxyl groups is 1. The molecule has 1 nitrogen and oxygen atoms in total. The highest BCUT2D eigenvalue weighted by Crippen LogP contribution is 2.15. The Morgan fingerprint density at radius 1 is 1.43 bits per heavy atom. The molecule has 0 aromatic heterocycles. The van der Waals surface area contributed by atoms with Gasteiger partial charge in [0.1, 0.15) is 0 Å². The van der Waals surface area contributed by atoms with Crippen LogP contribution in [0.25, 0.3) is 0 Å². The highest BCUT2D eigenvalue weighted by atomic mass is 32.2. The fourth-order valence-electron chi connectivity index (χ4n) is 0.862. The molecule has 0 saturated carbocycles. The van der Waals surface area contributed by atoms with Gasteiger partial charge in [0, 0.05) is 11.7 Å². The molecule has 0 rings (SSSR count). The summed E-state index contributed by atoms with van der Waals surface area (Å²) < 4.78 is 1.02. The molecule has 14 heavy (non-hydrogen) atoms. The van der Waals surface area contributed by atoms with Crippen molar-refractivity contribution in [2.24, 2.45) is 0 Å². The molecule has 0 aliphatic rings. The molecule has 0 aliphatic carbocycles. The van der Waals surface area contributed by atoms with Gasteiger partial charge in [-0.05, 0) is 20.3 Å². The first-order valence-corrected chi connectivity index (χ1v) is 6.17. The lowest BCUT2D eigenvalue weighted by Crippen LogP contribution is -2.16. The average molecular weight is 232 g/mol. The van der Waals surface area contributed by atoms with E-state index >= 15 is 0 Å². The van der Waals surface area contributed by atoms with Crippen molar-refractivity contribution in [2.45, 2.75) is 51.4 Å². The molecule has 0 spiro atoms. The largest absolute Gasteiger partial charge is 0.390 e. The Hall–Kier alpha value is 0.140. The van der Waals surface area contributed by atoms with Gasteiger partial charge in [0.15, 0.2) is 0 Å². The van der Waals surface area contributed by atoms with E-state index in [1.807, 2.05) is 12.2 Å². The van der Waals surface area contributed by atoms with Crippen molar-refractivity contribution in [3.05, 3.63) is 12.2 Å². The third-order valence-corrected chi connectivity index (χ3v) is 2.79. The van der Waals surface area contributed by atoms with Crippen LogP contribution < -0.4 is 0 Å². The van der Waals surface area contributed by atoms with Crippen molar-refractivity contribution >= 4 is 28.2 Å². The minimum Gasteiger partial charge on any atom is -0.390 e. The second kappa shape index (κ2) is 6.59. The molecule has 0 aromatic rings. The summed E-state index contributed by atoms with van der Waals surface area (Å²) in [7, 11) is 0. The van der Waals surface area contributed by atoms with E-state index in [0.717, 1.165) is 10.6 Å². The molecule has 0 bridgehead atoms. The lowest BCUT2D eigenvalue weighted by molar-refractivity contribution is 0.0838. The summed E-state index contributed by atoms with van der Waals surface area (Å²) in [6.07, 6.45) is 5.54. The van der Waals surface area contributed by atoms with E-state index in [4.69, 9.17) is 12.2 Å². The zero-order valence-electron chi connectivity index (χ0n) is 9.41. The van der Waals surface area contributed by atoms with E-state index in [9.17, 15) is 5.11 Å². The zero-order valence-corrected chi connectivity index (χ0v) is 11.0. The minimum atomic E-state index is -0.608. The van der Waals surface area contributed by atoms with Gasteiger partial charge < -0.3 is 5.11 Å². The Morgan fingerprint density at radius 2 is 2.00 bits per heavy atom. The summed E-state index contributed by atoms with van der Waals surface area (Å²) in [5, 5.41) is 10.00. The Labute approximate surface area is 97.0 Å². The van der Waals surface area contributed by atoms with Gasteiger partial charge >= 0.3 is 0 Å². The molecule has 0 heterocycles. The van der Waals surface area contributed by atoms with E-state index < -0.39 is 5.60 Å². The van der Waals surface area contributed by atoms with Gasteiger partial charge in [-0.2, -0.15) is 0 Å². The van der Waals surface area contributed by atoms with Gasteiger partial charge in [-0.25, -0.2) is 0 Å². The van der Waals surface area contributed by atoms with Crippen LogP contribution in [0.4, 0.5) is 0 Å². The fourth-order valence-corrected chi connectivity index (χ4v) is 2.25. The predicted molar refractivity (Wildman–Crippen MR) is 70.0 cm³/mol. The Bertz CT molecular complexity index is 202. The van der Waals surface area contributed by atoms with Crippen molar-refractivity contribution in [1.29, 1.82) is 0 Å². The van der Waals surface area contributed by atoms with Crippen LogP contribution in [-0.4, -0.2) is 20.2 Å². The Morgan fingerprint density at radius 3 is 2.43 bits per heavy atom. The molecule has 0 atom stereocenters. The molecule has 0 unspecified atom stereocenters. The Balaban J connectivity index is 3.67. The Kier molecular flexibility index (Phi) is 6.66. The molecule has 0 fully saturated rings.